The van der Waals surface area contributed by atoms with Crippen molar-refractivity contribution in [2.24, 2.45) is 0 Å². The Kier molecular flexibility index (Phi) is 5.72. The molecule has 0 spiro atoms. The van der Waals surface area contributed by atoms with Gasteiger partial charge in [0.15, 0.2) is 0 Å². The molecule has 0 saturated heterocycles. The van der Waals surface area contributed by atoms with Crippen LogP contribution < -0.4 is 10.0 Å². The highest BCUT2D eigenvalue weighted by Crippen LogP contribution is 2.33. The number of aromatic nitrogens is 1. The summed E-state index contributed by atoms with van der Waals surface area (Å²) in [5, 5.41) is 5.70. The molecule has 0 radical (unpaired) electrons. The molecule has 0 aliphatic heterocycles. The maximum atomic E-state index is 12.9. The fraction of sp³-hybridized carbons (Fsp3) is 0.136. The van der Waals surface area contributed by atoms with Crippen molar-refractivity contribution in [3.8, 4) is 0 Å². The second-order valence-electron chi connectivity index (χ2n) is 6.92. The number of amides is 1. The minimum atomic E-state index is -3.70. The van der Waals surface area contributed by atoms with Crippen LogP contribution in [0.5, 0.6) is 0 Å². The van der Waals surface area contributed by atoms with E-state index in [1.54, 1.807) is 23.5 Å². The first-order valence-electron chi connectivity index (χ1n) is 9.41. The Morgan fingerprint density at radius 1 is 1.07 bits per heavy atom. The molecule has 6 nitrogen and oxygen atoms in total. The standard InChI is InChI=1S/C22H21N3O3S2/c1-15(26)25-16-8-10-17(11-9-16)30(27,28)24-14-20(22-7-4-12-29-22)19-13-23-21-6-3-2-5-18(19)21/h2-13,20,23-24H,14H2,1H3,(H,25,26)/t20-/m1/s1. The summed E-state index contributed by atoms with van der Waals surface area (Å²) in [5.74, 6) is -0.323. The average Bonchev–Trinajstić information content (AvgIpc) is 3.39. The van der Waals surface area contributed by atoms with Gasteiger partial charge < -0.3 is 10.3 Å². The van der Waals surface area contributed by atoms with Crippen molar-refractivity contribution in [1.29, 1.82) is 0 Å². The third kappa shape index (κ3) is 4.30. The third-order valence-corrected chi connectivity index (χ3v) is 7.27. The second kappa shape index (κ2) is 8.43. The summed E-state index contributed by atoms with van der Waals surface area (Å²) in [6, 6.07) is 18.1. The third-order valence-electron chi connectivity index (χ3n) is 4.85. The van der Waals surface area contributed by atoms with Crippen LogP contribution in [0, 0.1) is 0 Å². The smallest absolute Gasteiger partial charge is 0.240 e. The average molecular weight is 440 g/mol. The van der Waals surface area contributed by atoms with Crippen LogP contribution in [0.4, 0.5) is 5.69 Å². The van der Waals surface area contributed by atoms with Crippen LogP contribution in [0.2, 0.25) is 0 Å². The molecular formula is C22H21N3O3S2. The Hall–Kier alpha value is -2.94. The summed E-state index contributed by atoms with van der Waals surface area (Å²) in [7, 11) is -3.70. The van der Waals surface area contributed by atoms with Crippen molar-refractivity contribution >= 4 is 43.9 Å². The van der Waals surface area contributed by atoms with Crippen LogP contribution in [0.1, 0.15) is 23.3 Å². The Bertz CT molecular complexity index is 1260. The lowest BCUT2D eigenvalue weighted by Crippen LogP contribution is -2.28. The number of carbonyl (C=O) groups is 1. The minimum absolute atomic E-state index is 0.116. The van der Waals surface area contributed by atoms with Crippen LogP contribution in [-0.4, -0.2) is 25.9 Å². The van der Waals surface area contributed by atoms with Crippen LogP contribution >= 0.6 is 11.3 Å². The number of thiophene rings is 1. The lowest BCUT2D eigenvalue weighted by molar-refractivity contribution is -0.114. The Labute approximate surface area is 179 Å². The van der Waals surface area contributed by atoms with E-state index in [1.807, 2.05) is 48.0 Å². The predicted octanol–water partition coefficient (Wildman–Crippen LogP) is 4.30. The molecule has 0 fully saturated rings. The number of nitrogens with one attached hydrogen (secondary N) is 3. The normalized spacial score (nSPS) is 12.7. The first-order valence-corrected chi connectivity index (χ1v) is 11.8. The highest BCUT2D eigenvalue weighted by molar-refractivity contribution is 7.89. The van der Waals surface area contributed by atoms with Gasteiger partial charge in [-0.3, -0.25) is 4.79 Å². The van der Waals surface area contributed by atoms with Gasteiger partial charge in [-0.05, 0) is 47.3 Å². The number of fused-ring (bicyclic) bond motifs is 1. The monoisotopic (exact) mass is 439 g/mol. The van der Waals surface area contributed by atoms with Crippen molar-refractivity contribution in [1.82, 2.24) is 9.71 Å². The number of benzene rings is 2. The van der Waals surface area contributed by atoms with Crippen molar-refractivity contribution < 1.29 is 13.2 Å². The zero-order valence-electron chi connectivity index (χ0n) is 16.3. The van der Waals surface area contributed by atoms with Crippen LogP contribution in [0.3, 0.4) is 0 Å². The SMILES string of the molecule is CC(=O)Nc1ccc(S(=O)(=O)NC[C@@H](c2cccs2)c2c[nH]c3ccccc23)cc1. The molecule has 0 unspecified atom stereocenters. The van der Waals surface area contributed by atoms with Gasteiger partial charge in [-0.2, -0.15) is 0 Å². The molecule has 4 aromatic rings. The Balaban J connectivity index is 1.59. The van der Waals surface area contributed by atoms with E-state index in [4.69, 9.17) is 0 Å². The maximum absolute atomic E-state index is 12.9. The van der Waals surface area contributed by atoms with Gasteiger partial charge in [-0.15, -0.1) is 11.3 Å². The van der Waals surface area contributed by atoms with Crippen LogP contribution in [0.15, 0.2) is 77.1 Å². The number of rotatable bonds is 7. The first kappa shape index (κ1) is 20.3. The number of hydrogen-bond acceptors (Lipinski definition) is 4. The molecule has 0 saturated carbocycles. The number of H-pyrrole nitrogens is 1. The van der Waals surface area contributed by atoms with E-state index >= 15 is 0 Å². The van der Waals surface area contributed by atoms with Gasteiger partial charge in [0.25, 0.3) is 0 Å². The quantitative estimate of drug-likeness (QED) is 0.401. The summed E-state index contributed by atoms with van der Waals surface area (Å²) < 4.78 is 28.5. The molecular weight excluding hydrogens is 418 g/mol. The van der Waals surface area contributed by atoms with Crippen LogP contribution in [-0.2, 0) is 14.8 Å². The molecule has 3 N–H and O–H groups in total. The predicted molar refractivity (Wildman–Crippen MR) is 120 cm³/mol. The molecule has 0 aliphatic rings. The molecule has 30 heavy (non-hydrogen) atoms. The number of carbonyl (C=O) groups excluding carboxylic acids is 1. The van der Waals surface area contributed by atoms with Gasteiger partial charge in [-0.25, -0.2) is 13.1 Å². The van der Waals surface area contributed by atoms with E-state index in [1.165, 1.54) is 19.1 Å². The Morgan fingerprint density at radius 2 is 1.83 bits per heavy atom. The van der Waals surface area contributed by atoms with Crippen molar-refractivity contribution in [2.45, 2.75) is 17.7 Å². The van der Waals surface area contributed by atoms with E-state index < -0.39 is 10.0 Å². The minimum Gasteiger partial charge on any atom is -0.361 e. The highest BCUT2D eigenvalue weighted by Gasteiger charge is 2.22. The lowest BCUT2D eigenvalue weighted by atomic mass is 9.97. The van der Waals surface area contributed by atoms with Crippen molar-refractivity contribution in [3.63, 3.8) is 0 Å². The molecule has 2 aromatic heterocycles. The lowest BCUT2D eigenvalue weighted by Gasteiger charge is -2.16. The van der Waals surface area contributed by atoms with Crippen molar-refractivity contribution in [2.75, 3.05) is 11.9 Å². The number of para-hydroxylation sites is 1. The fourth-order valence-corrected chi connectivity index (χ4v) is 5.33. The highest BCUT2D eigenvalue weighted by atomic mass is 32.2. The van der Waals surface area contributed by atoms with E-state index in [-0.39, 0.29) is 23.3 Å². The van der Waals surface area contributed by atoms with Gasteiger partial charge >= 0.3 is 0 Å². The van der Waals surface area contributed by atoms with Gasteiger partial charge in [-0.1, -0.05) is 24.3 Å². The molecule has 4 rings (SSSR count). The van der Waals surface area contributed by atoms with E-state index in [0.717, 1.165) is 21.3 Å². The number of anilines is 1. The fourth-order valence-electron chi connectivity index (χ4n) is 3.43. The topological polar surface area (TPSA) is 91.1 Å². The van der Waals surface area contributed by atoms with E-state index in [0.29, 0.717) is 5.69 Å². The zero-order chi connectivity index (χ0) is 21.1. The maximum Gasteiger partial charge on any atom is 0.240 e. The van der Waals surface area contributed by atoms with Gasteiger partial charge in [0.2, 0.25) is 15.9 Å². The zero-order valence-corrected chi connectivity index (χ0v) is 17.9. The second-order valence-corrected chi connectivity index (χ2v) is 9.66. The summed E-state index contributed by atoms with van der Waals surface area (Å²) in [4.78, 5) is 15.7. The first-order chi connectivity index (χ1) is 14.4. The van der Waals surface area contributed by atoms with E-state index in [9.17, 15) is 13.2 Å². The molecule has 0 bridgehead atoms. The summed E-state index contributed by atoms with van der Waals surface area (Å²) in [6.07, 6.45) is 1.95. The molecule has 1 atom stereocenters. The van der Waals surface area contributed by atoms with Gasteiger partial charge in [0, 0.05) is 47.1 Å². The molecule has 2 heterocycles. The molecule has 8 heteroatoms. The van der Waals surface area contributed by atoms with Gasteiger partial charge in [0.1, 0.15) is 0 Å². The number of aromatic amines is 1. The number of sulfonamides is 1. The molecule has 2 aromatic carbocycles. The summed E-state index contributed by atoms with van der Waals surface area (Å²) in [5.41, 5.74) is 2.62. The Morgan fingerprint density at radius 3 is 2.53 bits per heavy atom. The summed E-state index contributed by atoms with van der Waals surface area (Å²) >= 11 is 1.60. The molecule has 1 amide bonds. The summed E-state index contributed by atoms with van der Waals surface area (Å²) in [6.45, 7) is 1.64. The number of hydrogen-bond donors (Lipinski definition) is 3. The molecule has 0 aliphatic carbocycles. The van der Waals surface area contributed by atoms with Gasteiger partial charge in [0.05, 0.1) is 4.90 Å². The van der Waals surface area contributed by atoms with Crippen LogP contribution in [0.25, 0.3) is 10.9 Å². The van der Waals surface area contributed by atoms with Crippen molar-refractivity contribution in [3.05, 3.63) is 82.7 Å². The largest absolute Gasteiger partial charge is 0.361 e. The molecule has 154 valence electrons. The van der Waals surface area contributed by atoms with E-state index in [2.05, 4.69) is 15.0 Å².